The zero-order chi connectivity index (χ0) is 19.9. The Morgan fingerprint density at radius 3 is 2.63 bits per heavy atom. The third kappa shape index (κ3) is 6.16. The van der Waals surface area contributed by atoms with E-state index in [0.29, 0.717) is 12.6 Å². The van der Waals surface area contributed by atoms with Crippen molar-refractivity contribution in [1.82, 2.24) is 30.3 Å². The highest BCUT2D eigenvalue weighted by Gasteiger charge is 2.20. The van der Waals surface area contributed by atoms with Gasteiger partial charge in [0, 0.05) is 45.7 Å². The van der Waals surface area contributed by atoms with Crippen molar-refractivity contribution >= 4 is 29.9 Å². The van der Waals surface area contributed by atoms with E-state index in [1.165, 1.54) is 24.8 Å². The first-order chi connectivity index (χ1) is 14.3. The lowest BCUT2D eigenvalue weighted by molar-refractivity contribution is 0.198. The number of likely N-dealkylation sites (tertiary alicyclic amines) is 1. The summed E-state index contributed by atoms with van der Waals surface area (Å²) in [7, 11) is 1.84. The van der Waals surface area contributed by atoms with Gasteiger partial charge >= 0.3 is 0 Å². The molecule has 0 radical (unpaired) electrons. The van der Waals surface area contributed by atoms with Crippen LogP contribution in [0.15, 0.2) is 35.3 Å². The maximum atomic E-state index is 4.42. The lowest BCUT2D eigenvalue weighted by Gasteiger charge is -2.33. The van der Waals surface area contributed by atoms with Crippen LogP contribution in [0.3, 0.4) is 0 Å². The maximum absolute atomic E-state index is 4.42. The molecular weight excluding hydrogens is 489 g/mol. The number of aromatic nitrogens is 3. The highest BCUT2D eigenvalue weighted by atomic mass is 127. The monoisotopic (exact) mass is 523 g/mol. The van der Waals surface area contributed by atoms with Gasteiger partial charge in [0.05, 0.1) is 6.54 Å². The molecule has 1 aromatic heterocycles. The molecule has 0 amide bonds. The Kier molecular flexibility index (Phi) is 8.92. The fourth-order valence-corrected chi connectivity index (χ4v) is 4.30. The van der Waals surface area contributed by atoms with E-state index < -0.39 is 0 Å². The van der Waals surface area contributed by atoms with Gasteiger partial charge in [0.15, 0.2) is 11.8 Å². The average molecular weight is 523 g/mol. The van der Waals surface area contributed by atoms with Crippen molar-refractivity contribution in [2.24, 2.45) is 4.99 Å². The number of guanidine groups is 1. The molecule has 3 heterocycles. The van der Waals surface area contributed by atoms with Crippen LogP contribution in [0.4, 0.5) is 0 Å². The van der Waals surface area contributed by atoms with E-state index in [-0.39, 0.29) is 24.0 Å². The molecule has 1 aromatic carbocycles. The molecule has 2 N–H and O–H groups in total. The fourth-order valence-electron chi connectivity index (χ4n) is 4.30. The van der Waals surface area contributed by atoms with Gasteiger partial charge in [0.1, 0.15) is 5.82 Å². The highest BCUT2D eigenvalue weighted by Crippen LogP contribution is 2.15. The van der Waals surface area contributed by atoms with Crippen molar-refractivity contribution in [3.63, 3.8) is 0 Å². The number of hydrogen-bond acceptors (Lipinski definition) is 4. The number of hydrogen-bond donors (Lipinski definition) is 2. The fraction of sp³-hybridized carbons (Fsp3) is 0.591. The molecule has 8 heteroatoms. The predicted octanol–water partition coefficient (Wildman–Crippen LogP) is 2.95. The molecule has 4 rings (SSSR count). The van der Waals surface area contributed by atoms with E-state index >= 15 is 0 Å². The van der Waals surface area contributed by atoms with Crippen LogP contribution >= 0.6 is 24.0 Å². The number of halogens is 1. The van der Waals surface area contributed by atoms with E-state index in [9.17, 15) is 0 Å². The van der Waals surface area contributed by atoms with Gasteiger partial charge in [-0.2, -0.15) is 0 Å². The van der Waals surface area contributed by atoms with Crippen LogP contribution in [0.25, 0.3) is 0 Å². The minimum atomic E-state index is 0. The standard InChI is InChI=1S/C22H33N7.HI/c1-23-22(24-16-21-27-26-20-10-6-3-7-13-29(20)21)25-19-11-14-28(15-12-19)17-18-8-4-2-5-9-18;/h2,4-5,8-9,19H,3,6-7,10-17H2,1H3,(H2,23,24,25);1H. The quantitative estimate of drug-likeness (QED) is 0.359. The number of aliphatic imine (C=N–C) groups is 1. The van der Waals surface area contributed by atoms with Gasteiger partial charge in [0.2, 0.25) is 0 Å². The summed E-state index contributed by atoms with van der Waals surface area (Å²) in [5.41, 5.74) is 1.39. The summed E-state index contributed by atoms with van der Waals surface area (Å²) in [4.78, 5) is 6.96. The Morgan fingerprint density at radius 2 is 1.87 bits per heavy atom. The second kappa shape index (κ2) is 11.6. The van der Waals surface area contributed by atoms with Gasteiger partial charge in [0.25, 0.3) is 0 Å². The van der Waals surface area contributed by atoms with Crippen LogP contribution in [0, 0.1) is 0 Å². The molecule has 2 aliphatic heterocycles. The number of aryl methyl sites for hydroxylation is 1. The summed E-state index contributed by atoms with van der Waals surface area (Å²) < 4.78 is 2.29. The zero-order valence-corrected chi connectivity index (χ0v) is 20.2. The second-order valence-corrected chi connectivity index (χ2v) is 8.10. The van der Waals surface area contributed by atoms with E-state index in [4.69, 9.17) is 0 Å². The Bertz CT molecular complexity index is 797. The van der Waals surface area contributed by atoms with Gasteiger partial charge in [-0.15, -0.1) is 34.2 Å². The molecule has 2 aromatic rings. The van der Waals surface area contributed by atoms with Crippen molar-refractivity contribution in [2.45, 2.75) is 64.2 Å². The molecule has 7 nitrogen and oxygen atoms in total. The molecule has 1 fully saturated rings. The largest absolute Gasteiger partial charge is 0.354 e. The third-order valence-corrected chi connectivity index (χ3v) is 6.00. The Hall–Kier alpha value is -1.68. The molecule has 2 aliphatic rings. The van der Waals surface area contributed by atoms with Crippen molar-refractivity contribution in [2.75, 3.05) is 20.1 Å². The summed E-state index contributed by atoms with van der Waals surface area (Å²) in [6.07, 6.45) is 7.02. The third-order valence-electron chi connectivity index (χ3n) is 6.00. The Balaban J connectivity index is 0.00000256. The molecule has 1 saturated heterocycles. The van der Waals surface area contributed by atoms with Crippen molar-refractivity contribution in [3.05, 3.63) is 47.5 Å². The van der Waals surface area contributed by atoms with Crippen LogP contribution < -0.4 is 10.6 Å². The predicted molar refractivity (Wildman–Crippen MR) is 131 cm³/mol. The maximum Gasteiger partial charge on any atom is 0.191 e. The number of piperidine rings is 1. The Labute approximate surface area is 196 Å². The second-order valence-electron chi connectivity index (χ2n) is 8.10. The molecule has 0 saturated carbocycles. The number of nitrogens with zero attached hydrogens (tertiary/aromatic N) is 5. The van der Waals surface area contributed by atoms with E-state index in [1.807, 2.05) is 7.05 Å². The number of rotatable bonds is 5. The van der Waals surface area contributed by atoms with E-state index in [0.717, 1.165) is 63.0 Å². The average Bonchev–Trinajstić information content (AvgIpc) is 2.99. The molecular formula is C22H34IN7. The smallest absolute Gasteiger partial charge is 0.191 e. The molecule has 30 heavy (non-hydrogen) atoms. The molecule has 0 unspecified atom stereocenters. The molecule has 0 atom stereocenters. The van der Waals surface area contributed by atoms with Gasteiger partial charge in [-0.3, -0.25) is 9.89 Å². The molecule has 0 bridgehead atoms. The van der Waals surface area contributed by atoms with Crippen LogP contribution in [0.2, 0.25) is 0 Å². The lowest BCUT2D eigenvalue weighted by atomic mass is 10.0. The van der Waals surface area contributed by atoms with Crippen LogP contribution in [0.5, 0.6) is 0 Å². The summed E-state index contributed by atoms with van der Waals surface area (Å²) in [6, 6.07) is 11.2. The summed E-state index contributed by atoms with van der Waals surface area (Å²) in [5.74, 6) is 3.01. The van der Waals surface area contributed by atoms with E-state index in [2.05, 4.69) is 65.6 Å². The number of fused-ring (bicyclic) bond motifs is 1. The number of benzene rings is 1. The highest BCUT2D eigenvalue weighted by molar-refractivity contribution is 14.0. The van der Waals surface area contributed by atoms with Crippen LogP contribution in [-0.4, -0.2) is 51.8 Å². The van der Waals surface area contributed by atoms with Crippen molar-refractivity contribution in [1.29, 1.82) is 0 Å². The Morgan fingerprint density at radius 1 is 1.07 bits per heavy atom. The molecule has 164 valence electrons. The SMILES string of the molecule is CN=C(NCc1nnc2n1CCCCC2)NC1CCN(Cc2ccccc2)CC1.I. The summed E-state index contributed by atoms with van der Waals surface area (Å²) >= 11 is 0. The first-order valence-corrected chi connectivity index (χ1v) is 11.0. The molecule has 0 spiro atoms. The van der Waals surface area contributed by atoms with Crippen molar-refractivity contribution in [3.8, 4) is 0 Å². The van der Waals surface area contributed by atoms with Crippen molar-refractivity contribution < 1.29 is 0 Å². The van der Waals surface area contributed by atoms with Gasteiger partial charge in [-0.1, -0.05) is 36.8 Å². The van der Waals surface area contributed by atoms with Gasteiger partial charge < -0.3 is 15.2 Å². The number of nitrogens with one attached hydrogen (secondary N) is 2. The topological polar surface area (TPSA) is 70.4 Å². The lowest BCUT2D eigenvalue weighted by Crippen LogP contribution is -2.48. The summed E-state index contributed by atoms with van der Waals surface area (Å²) in [5, 5.41) is 15.8. The van der Waals surface area contributed by atoms with E-state index in [1.54, 1.807) is 0 Å². The first-order valence-electron chi connectivity index (χ1n) is 11.0. The minimum Gasteiger partial charge on any atom is -0.354 e. The normalized spacial score (nSPS) is 18.2. The van der Waals surface area contributed by atoms with Crippen LogP contribution in [0.1, 0.15) is 49.3 Å². The van der Waals surface area contributed by atoms with Crippen LogP contribution in [-0.2, 0) is 26.1 Å². The zero-order valence-electron chi connectivity index (χ0n) is 17.9. The molecule has 0 aliphatic carbocycles. The van der Waals surface area contributed by atoms with Gasteiger partial charge in [-0.25, -0.2) is 0 Å². The first kappa shape index (κ1) is 23.0. The minimum absolute atomic E-state index is 0. The van der Waals surface area contributed by atoms with Gasteiger partial charge in [-0.05, 0) is 31.2 Å². The summed E-state index contributed by atoms with van der Waals surface area (Å²) in [6.45, 7) is 4.96.